The fourth-order valence-electron chi connectivity index (χ4n) is 3.13. The van der Waals surface area contributed by atoms with E-state index in [1.54, 1.807) is 19.1 Å². The fraction of sp³-hybridized carbons (Fsp3) is 0.350. The number of piperazine rings is 1. The van der Waals surface area contributed by atoms with Gasteiger partial charge in [0.1, 0.15) is 5.82 Å². The number of hydrogen-bond acceptors (Lipinski definition) is 4. The largest absolute Gasteiger partial charge is 0.481 e. The molecule has 0 radical (unpaired) electrons. The number of benzene rings is 2. The molecule has 1 saturated heterocycles. The second-order valence-electron chi connectivity index (χ2n) is 6.92. The Hall–Kier alpha value is -2.52. The van der Waals surface area contributed by atoms with E-state index >= 15 is 0 Å². The molecule has 1 fully saturated rings. The van der Waals surface area contributed by atoms with E-state index in [0.717, 1.165) is 17.7 Å². The van der Waals surface area contributed by atoms with Crippen molar-refractivity contribution in [2.24, 2.45) is 0 Å². The quantitative estimate of drug-likeness (QED) is 0.740. The third kappa shape index (κ3) is 4.73. The molecule has 0 N–H and O–H groups in total. The fourth-order valence-corrected chi connectivity index (χ4v) is 4.86. The maximum Gasteiger partial charge on any atom is 0.260 e. The topological polar surface area (TPSA) is 66.9 Å². The summed E-state index contributed by atoms with van der Waals surface area (Å²) >= 11 is 0. The summed E-state index contributed by atoms with van der Waals surface area (Å²) in [6.45, 7) is 3.90. The van der Waals surface area contributed by atoms with Crippen LogP contribution in [-0.2, 0) is 14.8 Å². The molecule has 3 rings (SSSR count). The predicted octanol–water partition coefficient (Wildman–Crippen LogP) is 2.49. The van der Waals surface area contributed by atoms with Gasteiger partial charge in [0.05, 0.1) is 4.90 Å². The average Bonchev–Trinajstić information content (AvgIpc) is 2.69. The van der Waals surface area contributed by atoms with E-state index in [1.165, 1.54) is 9.21 Å². The molecular formula is C20H22F2N2O4S. The molecule has 0 aliphatic carbocycles. The van der Waals surface area contributed by atoms with E-state index in [2.05, 4.69) is 0 Å². The number of hydrogen-bond donors (Lipinski definition) is 0. The molecule has 156 valence electrons. The molecule has 1 amide bonds. The van der Waals surface area contributed by atoms with Crippen LogP contribution in [0.5, 0.6) is 5.75 Å². The van der Waals surface area contributed by atoms with Gasteiger partial charge >= 0.3 is 0 Å². The van der Waals surface area contributed by atoms with Crippen molar-refractivity contribution in [2.75, 3.05) is 32.8 Å². The van der Waals surface area contributed by atoms with Crippen LogP contribution >= 0.6 is 0 Å². The first-order valence-corrected chi connectivity index (χ1v) is 10.6. The standard InChI is InChI=1S/C20H22F2N2O4S/c1-14-3-4-15(2)19(11-14)29(26,27)24-9-7-23(8-10-24)20(25)13-28-18-6-5-16(21)12-17(18)22/h3-6,11-12H,7-10,13H2,1-2H3. The number of sulfonamides is 1. The molecule has 0 spiro atoms. The van der Waals surface area contributed by atoms with Crippen LogP contribution in [0.15, 0.2) is 41.3 Å². The van der Waals surface area contributed by atoms with E-state index in [4.69, 9.17) is 4.74 Å². The van der Waals surface area contributed by atoms with Crippen molar-refractivity contribution in [2.45, 2.75) is 18.7 Å². The van der Waals surface area contributed by atoms with Crippen LogP contribution < -0.4 is 4.74 Å². The Labute approximate surface area is 168 Å². The molecule has 1 heterocycles. The van der Waals surface area contributed by atoms with Crippen molar-refractivity contribution in [3.05, 3.63) is 59.2 Å². The van der Waals surface area contributed by atoms with Crippen LogP contribution in [0, 0.1) is 25.5 Å². The molecule has 1 aliphatic rings. The van der Waals surface area contributed by atoms with Gasteiger partial charge in [0.25, 0.3) is 5.91 Å². The van der Waals surface area contributed by atoms with Crippen LogP contribution in [0.2, 0.25) is 0 Å². The van der Waals surface area contributed by atoms with Gasteiger partial charge in [-0.3, -0.25) is 4.79 Å². The lowest BCUT2D eigenvalue weighted by Crippen LogP contribution is -2.51. The highest BCUT2D eigenvalue weighted by Crippen LogP contribution is 2.23. The molecule has 2 aromatic rings. The Balaban J connectivity index is 1.59. The summed E-state index contributed by atoms with van der Waals surface area (Å²) in [5, 5.41) is 0. The number of carbonyl (C=O) groups is 1. The number of aryl methyl sites for hydroxylation is 2. The van der Waals surface area contributed by atoms with E-state index in [0.29, 0.717) is 11.6 Å². The Morgan fingerprint density at radius 3 is 2.38 bits per heavy atom. The van der Waals surface area contributed by atoms with E-state index in [-0.39, 0.29) is 36.8 Å². The molecule has 9 heteroatoms. The zero-order valence-corrected chi connectivity index (χ0v) is 17.0. The van der Waals surface area contributed by atoms with Crippen molar-refractivity contribution in [1.29, 1.82) is 0 Å². The van der Waals surface area contributed by atoms with Crippen molar-refractivity contribution >= 4 is 15.9 Å². The van der Waals surface area contributed by atoms with Gasteiger partial charge in [0.15, 0.2) is 18.2 Å². The van der Waals surface area contributed by atoms with E-state index in [1.807, 2.05) is 13.0 Å². The summed E-state index contributed by atoms with van der Waals surface area (Å²) in [5.74, 6) is -2.22. The second kappa shape index (κ2) is 8.46. The number of halogens is 2. The van der Waals surface area contributed by atoms with Gasteiger partial charge in [-0.2, -0.15) is 4.31 Å². The average molecular weight is 424 g/mol. The van der Waals surface area contributed by atoms with Crippen LogP contribution in [0.1, 0.15) is 11.1 Å². The van der Waals surface area contributed by atoms with Gasteiger partial charge in [-0.05, 0) is 43.2 Å². The maximum absolute atomic E-state index is 13.6. The summed E-state index contributed by atoms with van der Waals surface area (Å²) in [6.07, 6.45) is 0. The first kappa shape index (κ1) is 21.2. The molecule has 0 atom stereocenters. The van der Waals surface area contributed by atoms with Crippen molar-refractivity contribution < 1.29 is 26.7 Å². The van der Waals surface area contributed by atoms with Gasteiger partial charge < -0.3 is 9.64 Å². The smallest absolute Gasteiger partial charge is 0.260 e. The highest BCUT2D eigenvalue weighted by molar-refractivity contribution is 7.89. The number of ether oxygens (including phenoxy) is 1. The number of rotatable bonds is 5. The minimum atomic E-state index is -3.65. The minimum absolute atomic E-state index is 0.159. The lowest BCUT2D eigenvalue weighted by atomic mass is 10.2. The second-order valence-corrected chi connectivity index (χ2v) is 8.82. The first-order valence-electron chi connectivity index (χ1n) is 9.11. The lowest BCUT2D eigenvalue weighted by molar-refractivity contribution is -0.134. The summed E-state index contributed by atoms with van der Waals surface area (Å²) in [7, 11) is -3.65. The normalized spacial score (nSPS) is 15.4. The molecule has 6 nitrogen and oxygen atoms in total. The Kier molecular flexibility index (Phi) is 6.18. The third-order valence-electron chi connectivity index (χ3n) is 4.80. The molecule has 29 heavy (non-hydrogen) atoms. The minimum Gasteiger partial charge on any atom is -0.481 e. The Bertz CT molecular complexity index is 1020. The van der Waals surface area contributed by atoms with Crippen LogP contribution in [0.4, 0.5) is 8.78 Å². The Morgan fingerprint density at radius 1 is 1.03 bits per heavy atom. The zero-order chi connectivity index (χ0) is 21.2. The summed E-state index contributed by atoms with van der Waals surface area (Å²) in [4.78, 5) is 14.1. The summed E-state index contributed by atoms with van der Waals surface area (Å²) in [5.41, 5.74) is 1.52. The third-order valence-corrected chi connectivity index (χ3v) is 6.84. The van der Waals surface area contributed by atoms with E-state index < -0.39 is 34.2 Å². The van der Waals surface area contributed by atoms with Gasteiger partial charge in [-0.1, -0.05) is 12.1 Å². The summed E-state index contributed by atoms with van der Waals surface area (Å²) in [6, 6.07) is 8.11. The monoisotopic (exact) mass is 424 g/mol. The molecule has 1 aliphatic heterocycles. The highest BCUT2D eigenvalue weighted by Gasteiger charge is 2.31. The molecule has 0 saturated carbocycles. The number of nitrogens with zero attached hydrogens (tertiary/aromatic N) is 2. The van der Waals surface area contributed by atoms with Crippen LogP contribution in [0.3, 0.4) is 0 Å². The van der Waals surface area contributed by atoms with Gasteiger partial charge in [0.2, 0.25) is 10.0 Å². The molecular weight excluding hydrogens is 402 g/mol. The first-order chi connectivity index (χ1) is 13.7. The van der Waals surface area contributed by atoms with Gasteiger partial charge in [0, 0.05) is 32.2 Å². The summed E-state index contributed by atoms with van der Waals surface area (Å²) < 4.78 is 58.9. The van der Waals surface area contributed by atoms with Gasteiger partial charge in [-0.15, -0.1) is 0 Å². The molecule has 0 aromatic heterocycles. The number of amides is 1. The predicted molar refractivity (Wildman–Crippen MR) is 103 cm³/mol. The lowest BCUT2D eigenvalue weighted by Gasteiger charge is -2.34. The van der Waals surface area contributed by atoms with E-state index in [9.17, 15) is 22.0 Å². The SMILES string of the molecule is Cc1ccc(C)c(S(=O)(=O)N2CCN(C(=O)COc3ccc(F)cc3F)CC2)c1. The van der Waals surface area contributed by atoms with Crippen LogP contribution in [-0.4, -0.2) is 56.3 Å². The van der Waals surface area contributed by atoms with Gasteiger partial charge in [-0.25, -0.2) is 17.2 Å². The number of carbonyl (C=O) groups excluding carboxylic acids is 1. The molecule has 0 bridgehead atoms. The van der Waals surface area contributed by atoms with Crippen molar-refractivity contribution in [1.82, 2.24) is 9.21 Å². The zero-order valence-electron chi connectivity index (χ0n) is 16.2. The van der Waals surface area contributed by atoms with Crippen molar-refractivity contribution in [3.63, 3.8) is 0 Å². The highest BCUT2D eigenvalue weighted by atomic mass is 32.2. The Morgan fingerprint density at radius 2 is 1.72 bits per heavy atom. The van der Waals surface area contributed by atoms with Crippen LogP contribution in [0.25, 0.3) is 0 Å². The maximum atomic E-state index is 13.6. The van der Waals surface area contributed by atoms with Crippen molar-refractivity contribution in [3.8, 4) is 5.75 Å². The molecule has 2 aromatic carbocycles. The molecule has 0 unspecified atom stereocenters.